The Bertz CT molecular complexity index is 579. The lowest BCUT2D eigenvalue weighted by Crippen LogP contribution is -2.34. The first-order chi connectivity index (χ1) is 9.41. The van der Waals surface area contributed by atoms with Crippen molar-refractivity contribution in [3.05, 3.63) is 28.2 Å². The van der Waals surface area contributed by atoms with Crippen LogP contribution in [0.5, 0.6) is 0 Å². The van der Waals surface area contributed by atoms with Crippen LogP contribution in [-0.2, 0) is 14.8 Å². The molecule has 8 heteroatoms. The third-order valence-corrected chi connectivity index (χ3v) is 4.80. The number of methoxy groups -OCH3 is 1. The molecular formula is C12H14Cl2N2O3S. The van der Waals surface area contributed by atoms with Crippen LogP contribution in [0.1, 0.15) is 6.42 Å². The number of hydrogen-bond acceptors (Lipinski definition) is 4. The van der Waals surface area contributed by atoms with Crippen LogP contribution in [0.25, 0.3) is 0 Å². The fraction of sp³-hybridized carbons (Fsp3) is 0.417. The van der Waals surface area contributed by atoms with Crippen molar-refractivity contribution in [1.82, 2.24) is 4.31 Å². The highest BCUT2D eigenvalue weighted by molar-refractivity contribution is 7.89. The number of nitriles is 1. The van der Waals surface area contributed by atoms with Gasteiger partial charge in [-0.2, -0.15) is 9.57 Å². The highest BCUT2D eigenvalue weighted by atomic mass is 35.5. The zero-order valence-electron chi connectivity index (χ0n) is 10.8. The number of benzene rings is 1. The SMILES string of the molecule is COCCN(CCC#N)S(=O)(=O)c1cc(Cl)cc(Cl)c1. The van der Waals surface area contributed by atoms with E-state index in [0.29, 0.717) is 0 Å². The van der Waals surface area contributed by atoms with Crippen molar-refractivity contribution in [2.45, 2.75) is 11.3 Å². The molecule has 0 heterocycles. The molecule has 20 heavy (non-hydrogen) atoms. The van der Waals surface area contributed by atoms with Gasteiger partial charge < -0.3 is 4.74 Å². The summed E-state index contributed by atoms with van der Waals surface area (Å²) in [6.45, 7) is 0.482. The summed E-state index contributed by atoms with van der Waals surface area (Å²) in [5.74, 6) is 0. The monoisotopic (exact) mass is 336 g/mol. The van der Waals surface area contributed by atoms with Gasteiger partial charge >= 0.3 is 0 Å². The molecule has 0 aliphatic rings. The van der Waals surface area contributed by atoms with Crippen molar-refractivity contribution in [3.63, 3.8) is 0 Å². The average Bonchev–Trinajstić information content (AvgIpc) is 2.37. The Morgan fingerprint density at radius 3 is 2.35 bits per heavy atom. The van der Waals surface area contributed by atoms with Crippen molar-refractivity contribution < 1.29 is 13.2 Å². The Morgan fingerprint density at radius 1 is 1.25 bits per heavy atom. The van der Waals surface area contributed by atoms with Gasteiger partial charge in [-0.3, -0.25) is 0 Å². The Hall–Kier alpha value is -0.840. The Balaban J connectivity index is 3.11. The first-order valence-electron chi connectivity index (χ1n) is 5.74. The van der Waals surface area contributed by atoms with Crippen molar-refractivity contribution >= 4 is 33.2 Å². The minimum atomic E-state index is -3.76. The summed E-state index contributed by atoms with van der Waals surface area (Å²) in [7, 11) is -2.28. The highest BCUT2D eigenvalue weighted by Crippen LogP contribution is 2.24. The lowest BCUT2D eigenvalue weighted by molar-refractivity contribution is 0.179. The summed E-state index contributed by atoms with van der Waals surface area (Å²) in [6, 6.07) is 6.03. The van der Waals surface area contributed by atoms with Crippen molar-refractivity contribution in [1.29, 1.82) is 5.26 Å². The Kier molecular flexibility index (Phi) is 6.72. The quantitative estimate of drug-likeness (QED) is 0.767. The Morgan fingerprint density at radius 2 is 1.85 bits per heavy atom. The van der Waals surface area contributed by atoms with Crippen molar-refractivity contribution in [2.75, 3.05) is 26.8 Å². The summed E-state index contributed by atoms with van der Waals surface area (Å²) in [5, 5.41) is 9.10. The van der Waals surface area contributed by atoms with Crippen LogP contribution in [0.15, 0.2) is 23.1 Å². The topological polar surface area (TPSA) is 70.4 Å². The molecule has 0 aliphatic carbocycles. The third-order valence-electron chi connectivity index (χ3n) is 2.49. The van der Waals surface area contributed by atoms with E-state index in [1.807, 2.05) is 6.07 Å². The minimum absolute atomic E-state index is 0.00374. The molecule has 1 rings (SSSR count). The number of sulfonamides is 1. The van der Waals surface area contributed by atoms with E-state index in [9.17, 15) is 8.42 Å². The van der Waals surface area contributed by atoms with Crippen LogP contribution in [0, 0.1) is 11.3 Å². The van der Waals surface area contributed by atoms with Gasteiger partial charge in [0.25, 0.3) is 0 Å². The van der Waals surface area contributed by atoms with Gasteiger partial charge in [-0.25, -0.2) is 8.42 Å². The van der Waals surface area contributed by atoms with E-state index < -0.39 is 10.0 Å². The molecule has 0 aliphatic heterocycles. The summed E-state index contributed by atoms with van der Waals surface area (Å²) in [6.07, 6.45) is 0.0945. The molecular weight excluding hydrogens is 323 g/mol. The largest absolute Gasteiger partial charge is 0.383 e. The fourth-order valence-corrected chi connectivity index (χ4v) is 3.70. The van der Waals surface area contributed by atoms with Crippen molar-refractivity contribution in [2.24, 2.45) is 0 Å². The van der Waals surface area contributed by atoms with Gasteiger partial charge in [0.05, 0.1) is 17.6 Å². The predicted octanol–water partition coefficient (Wildman–Crippen LogP) is 2.54. The molecule has 1 aromatic rings. The maximum Gasteiger partial charge on any atom is 0.243 e. The third kappa shape index (κ3) is 4.62. The second-order valence-electron chi connectivity index (χ2n) is 3.91. The van der Waals surface area contributed by atoms with E-state index in [2.05, 4.69) is 0 Å². The maximum absolute atomic E-state index is 12.5. The molecule has 0 saturated heterocycles. The second-order valence-corrected chi connectivity index (χ2v) is 6.72. The first kappa shape index (κ1) is 17.2. The summed E-state index contributed by atoms with van der Waals surface area (Å²) in [5.41, 5.74) is 0. The molecule has 0 bridgehead atoms. The first-order valence-corrected chi connectivity index (χ1v) is 7.93. The number of hydrogen-bond donors (Lipinski definition) is 0. The van der Waals surface area contributed by atoms with Gasteiger partial charge in [0.1, 0.15) is 0 Å². The lowest BCUT2D eigenvalue weighted by atomic mass is 10.4. The molecule has 0 N–H and O–H groups in total. The fourth-order valence-electron chi connectivity index (χ4n) is 1.55. The van der Waals surface area contributed by atoms with Crippen LogP contribution < -0.4 is 0 Å². The molecule has 0 unspecified atom stereocenters. The molecule has 110 valence electrons. The van der Waals surface area contributed by atoms with E-state index in [1.165, 1.54) is 29.6 Å². The van der Waals surface area contributed by atoms with Crippen LogP contribution >= 0.6 is 23.2 Å². The van der Waals surface area contributed by atoms with Crippen LogP contribution in [-0.4, -0.2) is 39.5 Å². The van der Waals surface area contributed by atoms with Gasteiger partial charge in [-0.15, -0.1) is 0 Å². The summed E-state index contributed by atoms with van der Waals surface area (Å²) < 4.78 is 31.1. The molecule has 0 saturated carbocycles. The molecule has 0 atom stereocenters. The van der Waals surface area contributed by atoms with Gasteiger partial charge in [-0.1, -0.05) is 23.2 Å². The molecule has 0 aromatic heterocycles. The Labute approximate surface area is 128 Å². The standard InChI is InChI=1S/C12H14Cl2N2O3S/c1-19-6-5-16(4-2-3-15)20(17,18)12-8-10(13)7-11(14)9-12/h7-9H,2,4-6H2,1H3. The summed E-state index contributed by atoms with van der Waals surface area (Å²) >= 11 is 11.7. The molecule has 1 aromatic carbocycles. The van der Waals surface area contributed by atoms with E-state index in [-0.39, 0.29) is 41.1 Å². The van der Waals surface area contributed by atoms with E-state index >= 15 is 0 Å². The second kappa shape index (κ2) is 7.81. The average molecular weight is 337 g/mol. The number of rotatable bonds is 7. The van der Waals surface area contributed by atoms with Gasteiger partial charge in [0.2, 0.25) is 10.0 Å². The number of nitrogens with zero attached hydrogens (tertiary/aromatic N) is 2. The van der Waals surface area contributed by atoms with Crippen LogP contribution in [0.3, 0.4) is 0 Å². The van der Waals surface area contributed by atoms with Crippen LogP contribution in [0.2, 0.25) is 10.0 Å². The molecule has 0 spiro atoms. The number of halogens is 2. The zero-order valence-corrected chi connectivity index (χ0v) is 13.2. The van der Waals surface area contributed by atoms with Gasteiger partial charge in [0.15, 0.2) is 0 Å². The lowest BCUT2D eigenvalue weighted by Gasteiger charge is -2.21. The highest BCUT2D eigenvalue weighted by Gasteiger charge is 2.24. The zero-order chi connectivity index (χ0) is 15.2. The van der Waals surface area contributed by atoms with E-state index in [0.717, 1.165) is 0 Å². The molecule has 5 nitrogen and oxygen atoms in total. The van der Waals surface area contributed by atoms with E-state index in [1.54, 1.807) is 0 Å². The normalized spacial score (nSPS) is 11.6. The smallest absolute Gasteiger partial charge is 0.243 e. The predicted molar refractivity (Wildman–Crippen MR) is 77.3 cm³/mol. The molecule has 0 fully saturated rings. The van der Waals surface area contributed by atoms with Gasteiger partial charge in [0, 0.05) is 36.7 Å². The number of ether oxygens (including phenoxy) is 1. The maximum atomic E-state index is 12.5. The minimum Gasteiger partial charge on any atom is -0.383 e. The summed E-state index contributed by atoms with van der Waals surface area (Å²) in [4.78, 5) is 0.00374. The molecule has 0 amide bonds. The van der Waals surface area contributed by atoms with Gasteiger partial charge in [-0.05, 0) is 18.2 Å². The van der Waals surface area contributed by atoms with Crippen LogP contribution in [0.4, 0.5) is 0 Å². The molecule has 0 radical (unpaired) electrons. The van der Waals surface area contributed by atoms with Crippen molar-refractivity contribution in [3.8, 4) is 6.07 Å². The van der Waals surface area contributed by atoms with E-state index in [4.69, 9.17) is 33.2 Å².